The van der Waals surface area contributed by atoms with Crippen molar-refractivity contribution >= 4 is 11.6 Å². The maximum Gasteiger partial charge on any atom is 0.127 e. The molecule has 66 valence electrons. The Balaban J connectivity index is 2.81. The highest BCUT2D eigenvalue weighted by Crippen LogP contribution is 2.20. The van der Waals surface area contributed by atoms with Crippen LogP contribution in [-0.4, -0.2) is 6.67 Å². The van der Waals surface area contributed by atoms with E-state index in [0.717, 1.165) is 0 Å². The lowest BCUT2D eigenvalue weighted by Gasteiger charge is -2.02. The molecule has 0 aliphatic heterocycles. The second-order valence-electron chi connectivity index (χ2n) is 2.49. The van der Waals surface area contributed by atoms with Crippen molar-refractivity contribution in [2.75, 3.05) is 6.67 Å². The summed E-state index contributed by atoms with van der Waals surface area (Å²) in [6.07, 6.45) is 0.683. The van der Waals surface area contributed by atoms with E-state index < -0.39 is 6.67 Å². The Hall–Kier alpha value is -0.630. The van der Waals surface area contributed by atoms with Gasteiger partial charge < -0.3 is 0 Å². The van der Waals surface area contributed by atoms with Gasteiger partial charge in [0, 0.05) is 10.6 Å². The van der Waals surface area contributed by atoms with Gasteiger partial charge in [0.1, 0.15) is 5.82 Å². The van der Waals surface area contributed by atoms with Crippen molar-refractivity contribution in [3.05, 3.63) is 34.6 Å². The summed E-state index contributed by atoms with van der Waals surface area (Å²) in [5.41, 5.74) is 0.414. The zero-order valence-electron chi connectivity index (χ0n) is 6.49. The van der Waals surface area contributed by atoms with Gasteiger partial charge in [-0.1, -0.05) is 17.7 Å². The van der Waals surface area contributed by atoms with Crippen LogP contribution in [0.3, 0.4) is 0 Å². The molecule has 12 heavy (non-hydrogen) atoms. The zero-order chi connectivity index (χ0) is 8.97. The van der Waals surface area contributed by atoms with Crippen LogP contribution in [0.25, 0.3) is 0 Å². The van der Waals surface area contributed by atoms with Gasteiger partial charge >= 0.3 is 0 Å². The standard InChI is InChI=1S/C9H9ClF2/c10-8-4-1-5-9(12)7(8)3-2-6-11/h1,4-5H,2-3,6H2. The minimum atomic E-state index is -0.440. The first kappa shape index (κ1) is 9.46. The van der Waals surface area contributed by atoms with Crippen molar-refractivity contribution in [2.45, 2.75) is 12.8 Å². The molecule has 0 aromatic heterocycles. The Bertz CT molecular complexity index is 240. The summed E-state index contributed by atoms with van der Waals surface area (Å²) in [5, 5.41) is 0.378. The van der Waals surface area contributed by atoms with Crippen LogP contribution >= 0.6 is 11.6 Å². The Kier molecular flexibility index (Phi) is 3.48. The molecule has 0 fully saturated rings. The second-order valence-corrected chi connectivity index (χ2v) is 2.90. The molecule has 1 aromatic carbocycles. The van der Waals surface area contributed by atoms with Crippen molar-refractivity contribution < 1.29 is 8.78 Å². The first-order chi connectivity index (χ1) is 5.75. The molecule has 0 spiro atoms. The Morgan fingerprint density at radius 1 is 1.33 bits per heavy atom. The van der Waals surface area contributed by atoms with Crippen molar-refractivity contribution in [2.24, 2.45) is 0 Å². The summed E-state index contributed by atoms with van der Waals surface area (Å²) in [6.45, 7) is -0.440. The Morgan fingerprint density at radius 3 is 2.67 bits per heavy atom. The van der Waals surface area contributed by atoms with E-state index in [1.54, 1.807) is 6.07 Å². The summed E-state index contributed by atoms with van der Waals surface area (Å²) in [6, 6.07) is 4.48. The van der Waals surface area contributed by atoms with Crippen LogP contribution in [-0.2, 0) is 6.42 Å². The molecule has 3 heteroatoms. The van der Waals surface area contributed by atoms with Crippen LogP contribution in [0.15, 0.2) is 18.2 Å². The van der Waals surface area contributed by atoms with Crippen molar-refractivity contribution in [1.82, 2.24) is 0 Å². The number of halogens is 3. The van der Waals surface area contributed by atoms with Crippen LogP contribution in [0, 0.1) is 5.82 Å². The number of alkyl halides is 1. The van der Waals surface area contributed by atoms with Gasteiger partial charge in [-0.25, -0.2) is 4.39 Å². The third-order valence-corrected chi connectivity index (χ3v) is 1.98. The van der Waals surface area contributed by atoms with E-state index in [4.69, 9.17) is 11.6 Å². The summed E-state index contributed by atoms with van der Waals surface area (Å²) in [7, 11) is 0. The first-order valence-corrected chi connectivity index (χ1v) is 4.12. The number of hydrogen-bond donors (Lipinski definition) is 0. The predicted octanol–water partition coefficient (Wildman–Crippen LogP) is 3.38. The lowest BCUT2D eigenvalue weighted by atomic mass is 10.1. The molecule has 0 aliphatic carbocycles. The summed E-state index contributed by atoms with van der Waals surface area (Å²) in [4.78, 5) is 0. The first-order valence-electron chi connectivity index (χ1n) is 3.74. The lowest BCUT2D eigenvalue weighted by Crippen LogP contribution is -1.92. The Labute approximate surface area is 75.2 Å². The van der Waals surface area contributed by atoms with Crippen molar-refractivity contribution in [3.8, 4) is 0 Å². The van der Waals surface area contributed by atoms with Crippen LogP contribution in [0.5, 0.6) is 0 Å². The van der Waals surface area contributed by atoms with Gasteiger partial charge in [-0.05, 0) is 25.0 Å². The van der Waals surface area contributed by atoms with Gasteiger partial charge in [-0.15, -0.1) is 0 Å². The molecule has 0 amide bonds. The minimum Gasteiger partial charge on any atom is -0.251 e. The van der Waals surface area contributed by atoms with E-state index in [1.165, 1.54) is 12.1 Å². The van der Waals surface area contributed by atoms with E-state index in [9.17, 15) is 8.78 Å². The van der Waals surface area contributed by atoms with Gasteiger partial charge in [0.05, 0.1) is 6.67 Å². The average molecular weight is 191 g/mol. The highest BCUT2D eigenvalue weighted by molar-refractivity contribution is 6.31. The normalized spacial score (nSPS) is 10.2. The van der Waals surface area contributed by atoms with Gasteiger partial charge in [-0.2, -0.15) is 0 Å². The average Bonchev–Trinajstić information content (AvgIpc) is 2.04. The summed E-state index contributed by atoms with van der Waals surface area (Å²) in [5.74, 6) is -0.351. The van der Waals surface area contributed by atoms with Gasteiger partial charge in [0.25, 0.3) is 0 Å². The fraction of sp³-hybridized carbons (Fsp3) is 0.333. The minimum absolute atomic E-state index is 0.320. The summed E-state index contributed by atoms with van der Waals surface area (Å²) >= 11 is 5.70. The summed E-state index contributed by atoms with van der Waals surface area (Å²) < 4.78 is 24.7. The largest absolute Gasteiger partial charge is 0.251 e. The van der Waals surface area contributed by atoms with Crippen molar-refractivity contribution in [1.29, 1.82) is 0 Å². The van der Waals surface area contributed by atoms with Crippen LogP contribution in [0.1, 0.15) is 12.0 Å². The van der Waals surface area contributed by atoms with Gasteiger partial charge in [0.2, 0.25) is 0 Å². The molecule has 0 unspecified atom stereocenters. The smallest absolute Gasteiger partial charge is 0.127 e. The molecule has 1 aromatic rings. The van der Waals surface area contributed by atoms with E-state index in [2.05, 4.69) is 0 Å². The van der Waals surface area contributed by atoms with Crippen LogP contribution in [0.2, 0.25) is 5.02 Å². The lowest BCUT2D eigenvalue weighted by molar-refractivity contribution is 0.469. The fourth-order valence-corrected chi connectivity index (χ4v) is 1.27. The molecule has 0 saturated heterocycles. The molecule has 0 aliphatic rings. The molecule has 0 nitrogen and oxygen atoms in total. The third-order valence-electron chi connectivity index (χ3n) is 1.62. The number of rotatable bonds is 3. The molecule has 0 heterocycles. The van der Waals surface area contributed by atoms with Crippen LogP contribution < -0.4 is 0 Å². The molecule has 0 radical (unpaired) electrons. The van der Waals surface area contributed by atoms with Crippen LogP contribution in [0.4, 0.5) is 8.78 Å². The highest BCUT2D eigenvalue weighted by atomic mass is 35.5. The van der Waals surface area contributed by atoms with E-state index >= 15 is 0 Å². The quantitative estimate of drug-likeness (QED) is 0.686. The fourth-order valence-electron chi connectivity index (χ4n) is 1.01. The monoisotopic (exact) mass is 190 g/mol. The second kappa shape index (κ2) is 4.41. The molecule has 0 bridgehead atoms. The topological polar surface area (TPSA) is 0 Å². The van der Waals surface area contributed by atoms with E-state index in [-0.39, 0.29) is 5.82 Å². The molecular formula is C9H9ClF2. The maximum atomic E-state index is 13.0. The van der Waals surface area contributed by atoms with Gasteiger partial charge in [-0.3, -0.25) is 4.39 Å². The van der Waals surface area contributed by atoms with E-state index in [1.807, 2.05) is 0 Å². The Morgan fingerprint density at radius 2 is 2.08 bits per heavy atom. The molecular weight excluding hydrogens is 182 g/mol. The highest BCUT2D eigenvalue weighted by Gasteiger charge is 2.05. The zero-order valence-corrected chi connectivity index (χ0v) is 7.24. The molecule has 0 atom stereocenters. The molecule has 1 rings (SSSR count). The van der Waals surface area contributed by atoms with Gasteiger partial charge in [0.15, 0.2) is 0 Å². The third kappa shape index (κ3) is 2.18. The molecule has 0 saturated carbocycles. The maximum absolute atomic E-state index is 13.0. The van der Waals surface area contributed by atoms with E-state index in [0.29, 0.717) is 23.4 Å². The van der Waals surface area contributed by atoms with Crippen molar-refractivity contribution in [3.63, 3.8) is 0 Å². The predicted molar refractivity (Wildman–Crippen MR) is 45.7 cm³/mol. The number of hydrogen-bond acceptors (Lipinski definition) is 0. The SMILES string of the molecule is FCCCc1c(F)cccc1Cl. The number of benzene rings is 1. The molecule has 0 N–H and O–H groups in total.